The number of aromatic nitrogens is 2. The predicted octanol–water partition coefficient (Wildman–Crippen LogP) is 2.91. The van der Waals surface area contributed by atoms with Crippen LogP contribution in [0.5, 0.6) is 0 Å². The minimum absolute atomic E-state index is 0.0788. The Morgan fingerprint density at radius 2 is 2.08 bits per heavy atom. The Bertz CT molecular complexity index is 692. The molecule has 0 aliphatic carbocycles. The van der Waals surface area contributed by atoms with E-state index in [9.17, 15) is 4.79 Å². The zero-order valence-corrected chi connectivity index (χ0v) is 15.2. The van der Waals surface area contributed by atoms with Crippen LogP contribution in [0.3, 0.4) is 0 Å². The summed E-state index contributed by atoms with van der Waals surface area (Å²) in [6, 6.07) is 10.5. The molecule has 0 saturated carbocycles. The Kier molecular flexibility index (Phi) is 5.74. The minimum atomic E-state index is 0.0788. The molecule has 5 nitrogen and oxygen atoms in total. The predicted molar refractivity (Wildman–Crippen MR) is 100 cm³/mol. The van der Waals surface area contributed by atoms with Gasteiger partial charge in [-0.25, -0.2) is 0 Å². The van der Waals surface area contributed by atoms with Crippen molar-refractivity contribution in [1.29, 1.82) is 0 Å². The van der Waals surface area contributed by atoms with Crippen molar-refractivity contribution in [1.82, 2.24) is 15.1 Å². The maximum atomic E-state index is 12.0. The molecule has 0 spiro atoms. The number of nitrogens with one attached hydrogen (secondary N) is 1. The molecule has 3 rings (SSSR count). The number of carbonyl (C=O) groups is 1. The van der Waals surface area contributed by atoms with Gasteiger partial charge < -0.3 is 10.2 Å². The summed E-state index contributed by atoms with van der Waals surface area (Å²) in [7, 11) is 1.90. The number of nitrogens with zero attached hydrogens (tertiary/aromatic N) is 3. The summed E-state index contributed by atoms with van der Waals surface area (Å²) in [6.45, 7) is 5.20. The average Bonchev–Trinajstić information content (AvgIpc) is 3.03. The molecule has 1 atom stereocenters. The summed E-state index contributed by atoms with van der Waals surface area (Å²) in [5, 5.41) is 7.13. The third-order valence-corrected chi connectivity index (χ3v) is 4.98. The molecular weight excluding hydrogens is 312 g/mol. The molecule has 1 aliphatic rings. The van der Waals surface area contributed by atoms with Crippen molar-refractivity contribution in [3.05, 3.63) is 47.8 Å². The van der Waals surface area contributed by atoms with Crippen LogP contribution < -0.4 is 10.2 Å². The van der Waals surface area contributed by atoms with Gasteiger partial charge >= 0.3 is 0 Å². The highest BCUT2D eigenvalue weighted by atomic mass is 16.1. The minimum Gasteiger partial charge on any atom is -0.371 e. The summed E-state index contributed by atoms with van der Waals surface area (Å²) in [6.07, 6.45) is 5.57. The summed E-state index contributed by atoms with van der Waals surface area (Å²) < 4.78 is 1.81. The number of rotatable bonds is 6. The fourth-order valence-corrected chi connectivity index (χ4v) is 3.43. The number of hydrogen-bond donors (Lipinski definition) is 1. The van der Waals surface area contributed by atoms with Crippen LogP contribution in [0.1, 0.15) is 37.4 Å². The lowest BCUT2D eigenvalue weighted by atomic mass is 9.99. The largest absolute Gasteiger partial charge is 0.371 e. The fraction of sp³-hybridized carbons (Fsp3) is 0.500. The van der Waals surface area contributed by atoms with Crippen molar-refractivity contribution in [2.45, 2.75) is 39.2 Å². The molecule has 1 saturated heterocycles. The zero-order chi connectivity index (χ0) is 17.6. The standard InChI is InChI=1S/C20H28N4O/c1-16-4-3-13-24(15-16)19-7-5-17(6-8-19)14-21-20(25)10-9-18-11-12-22-23(18)2/h5-8,11-12,16H,3-4,9-10,13-15H2,1-2H3,(H,21,25). The van der Waals surface area contributed by atoms with Gasteiger partial charge in [0.1, 0.15) is 0 Å². The van der Waals surface area contributed by atoms with E-state index in [-0.39, 0.29) is 5.91 Å². The molecule has 1 aromatic heterocycles. The molecule has 0 bridgehead atoms. The van der Waals surface area contributed by atoms with Crippen LogP contribution in [0, 0.1) is 5.92 Å². The van der Waals surface area contributed by atoms with Crippen molar-refractivity contribution in [3.63, 3.8) is 0 Å². The van der Waals surface area contributed by atoms with Gasteiger partial charge in [0, 0.05) is 50.7 Å². The lowest BCUT2D eigenvalue weighted by Gasteiger charge is -2.32. The second-order valence-electron chi connectivity index (χ2n) is 7.08. The van der Waals surface area contributed by atoms with E-state index in [1.807, 2.05) is 17.8 Å². The van der Waals surface area contributed by atoms with Gasteiger partial charge in [-0.2, -0.15) is 5.10 Å². The van der Waals surface area contributed by atoms with Crippen LogP contribution in [-0.4, -0.2) is 28.8 Å². The number of carbonyl (C=O) groups excluding carboxylic acids is 1. The third kappa shape index (κ3) is 4.84. The van der Waals surface area contributed by atoms with Gasteiger partial charge in [0.2, 0.25) is 5.91 Å². The molecule has 1 fully saturated rings. The normalized spacial score (nSPS) is 17.5. The Morgan fingerprint density at radius 1 is 1.28 bits per heavy atom. The Labute approximate surface area is 150 Å². The van der Waals surface area contributed by atoms with Crippen LogP contribution >= 0.6 is 0 Å². The molecule has 0 radical (unpaired) electrons. The molecule has 2 aromatic rings. The van der Waals surface area contributed by atoms with E-state index in [0.29, 0.717) is 19.4 Å². The summed E-state index contributed by atoms with van der Waals surface area (Å²) in [5.41, 5.74) is 3.51. The summed E-state index contributed by atoms with van der Waals surface area (Å²) >= 11 is 0. The van der Waals surface area contributed by atoms with Crippen molar-refractivity contribution < 1.29 is 4.79 Å². The first-order valence-electron chi connectivity index (χ1n) is 9.19. The molecular formula is C20H28N4O. The lowest BCUT2D eigenvalue weighted by molar-refractivity contribution is -0.121. The molecule has 25 heavy (non-hydrogen) atoms. The first-order valence-corrected chi connectivity index (χ1v) is 9.19. The van der Waals surface area contributed by atoms with Crippen LogP contribution in [0.4, 0.5) is 5.69 Å². The Balaban J connectivity index is 1.45. The lowest BCUT2D eigenvalue weighted by Crippen LogP contribution is -2.34. The average molecular weight is 340 g/mol. The number of amides is 1. The summed E-state index contributed by atoms with van der Waals surface area (Å²) in [4.78, 5) is 14.5. The van der Waals surface area contributed by atoms with E-state index in [1.54, 1.807) is 6.20 Å². The molecule has 5 heteroatoms. The van der Waals surface area contributed by atoms with Crippen LogP contribution in [0.2, 0.25) is 0 Å². The molecule has 1 aromatic carbocycles. The van der Waals surface area contributed by atoms with Crippen molar-refractivity contribution in [2.75, 3.05) is 18.0 Å². The van der Waals surface area contributed by atoms with E-state index in [2.05, 4.69) is 46.5 Å². The van der Waals surface area contributed by atoms with Crippen molar-refractivity contribution in [2.24, 2.45) is 13.0 Å². The van der Waals surface area contributed by atoms with Gasteiger partial charge in [0.15, 0.2) is 0 Å². The zero-order valence-electron chi connectivity index (χ0n) is 15.2. The number of anilines is 1. The topological polar surface area (TPSA) is 50.2 Å². The second kappa shape index (κ2) is 8.19. The maximum Gasteiger partial charge on any atom is 0.220 e. The smallest absolute Gasteiger partial charge is 0.220 e. The fourth-order valence-electron chi connectivity index (χ4n) is 3.43. The molecule has 2 heterocycles. The number of benzene rings is 1. The SMILES string of the molecule is CC1CCCN(c2ccc(CNC(=O)CCc3ccnn3C)cc2)C1. The number of aryl methyl sites for hydroxylation is 2. The second-order valence-corrected chi connectivity index (χ2v) is 7.08. The van der Waals surface area contributed by atoms with Crippen LogP contribution in [-0.2, 0) is 24.8 Å². The number of piperidine rings is 1. The maximum absolute atomic E-state index is 12.0. The quantitative estimate of drug-likeness (QED) is 0.880. The van der Waals surface area contributed by atoms with E-state index >= 15 is 0 Å². The first-order chi connectivity index (χ1) is 12.1. The van der Waals surface area contributed by atoms with Gasteiger partial charge in [0.05, 0.1) is 0 Å². The summed E-state index contributed by atoms with van der Waals surface area (Å²) in [5.74, 6) is 0.849. The van der Waals surface area contributed by atoms with Gasteiger partial charge in [-0.3, -0.25) is 9.48 Å². The van der Waals surface area contributed by atoms with Crippen LogP contribution in [0.25, 0.3) is 0 Å². The van der Waals surface area contributed by atoms with Gasteiger partial charge in [-0.05, 0) is 48.9 Å². The molecule has 1 amide bonds. The van der Waals surface area contributed by atoms with E-state index in [4.69, 9.17) is 0 Å². The molecule has 1 unspecified atom stereocenters. The monoisotopic (exact) mass is 340 g/mol. The Morgan fingerprint density at radius 3 is 2.76 bits per heavy atom. The first kappa shape index (κ1) is 17.5. The number of hydrogen-bond acceptors (Lipinski definition) is 3. The highest BCUT2D eigenvalue weighted by Crippen LogP contribution is 2.23. The van der Waals surface area contributed by atoms with Crippen molar-refractivity contribution in [3.8, 4) is 0 Å². The molecule has 1 N–H and O–H groups in total. The highest BCUT2D eigenvalue weighted by Gasteiger charge is 2.16. The van der Waals surface area contributed by atoms with E-state index in [0.717, 1.165) is 30.3 Å². The molecule has 134 valence electrons. The Hall–Kier alpha value is -2.30. The van der Waals surface area contributed by atoms with Crippen molar-refractivity contribution >= 4 is 11.6 Å². The van der Waals surface area contributed by atoms with E-state index < -0.39 is 0 Å². The van der Waals surface area contributed by atoms with Gasteiger partial charge in [-0.1, -0.05) is 19.1 Å². The molecule has 1 aliphatic heterocycles. The highest BCUT2D eigenvalue weighted by molar-refractivity contribution is 5.76. The van der Waals surface area contributed by atoms with Gasteiger partial charge in [-0.15, -0.1) is 0 Å². The van der Waals surface area contributed by atoms with E-state index in [1.165, 1.54) is 18.5 Å². The van der Waals surface area contributed by atoms with Crippen LogP contribution in [0.15, 0.2) is 36.5 Å². The third-order valence-electron chi connectivity index (χ3n) is 4.98. The van der Waals surface area contributed by atoms with Gasteiger partial charge in [0.25, 0.3) is 0 Å².